The minimum Gasteiger partial charge on any atom is -0.340 e. The standard InChI is InChI=1S/C15H21ClN2O/c1-13-4-2-3-5-14(13)12-15(19)18-10-8-17(7-6-16)9-11-18/h2-5H,6-12H2,1H3. The second-order valence-corrected chi connectivity index (χ2v) is 5.39. The van der Waals surface area contributed by atoms with Crippen molar-refractivity contribution in [1.82, 2.24) is 9.80 Å². The molecule has 1 amide bonds. The highest BCUT2D eigenvalue weighted by Crippen LogP contribution is 2.11. The molecule has 2 rings (SSSR count). The zero-order chi connectivity index (χ0) is 13.7. The van der Waals surface area contributed by atoms with Crippen molar-refractivity contribution in [1.29, 1.82) is 0 Å². The number of hydrogen-bond donors (Lipinski definition) is 0. The quantitative estimate of drug-likeness (QED) is 0.787. The Labute approximate surface area is 120 Å². The van der Waals surface area contributed by atoms with Gasteiger partial charge in [0, 0.05) is 38.6 Å². The van der Waals surface area contributed by atoms with Gasteiger partial charge in [0.05, 0.1) is 6.42 Å². The molecule has 4 heteroatoms. The minimum atomic E-state index is 0.236. The third kappa shape index (κ3) is 3.95. The summed E-state index contributed by atoms with van der Waals surface area (Å²) in [5, 5.41) is 0. The summed E-state index contributed by atoms with van der Waals surface area (Å²) in [5.74, 6) is 0.900. The van der Waals surface area contributed by atoms with Gasteiger partial charge in [0.2, 0.25) is 5.91 Å². The molecule has 1 aliphatic heterocycles. The number of carbonyl (C=O) groups is 1. The summed E-state index contributed by atoms with van der Waals surface area (Å²) in [6, 6.07) is 8.10. The average Bonchev–Trinajstić information content (AvgIpc) is 2.42. The molecule has 0 saturated carbocycles. The van der Waals surface area contributed by atoms with Gasteiger partial charge in [-0.2, -0.15) is 0 Å². The van der Waals surface area contributed by atoms with Crippen LogP contribution >= 0.6 is 11.6 Å². The van der Waals surface area contributed by atoms with E-state index in [2.05, 4.69) is 17.9 Å². The average molecular weight is 281 g/mol. The Balaban J connectivity index is 1.87. The molecule has 0 radical (unpaired) electrons. The normalized spacial score (nSPS) is 16.6. The van der Waals surface area contributed by atoms with Gasteiger partial charge in [-0.15, -0.1) is 11.6 Å². The van der Waals surface area contributed by atoms with Crippen molar-refractivity contribution < 1.29 is 4.79 Å². The number of halogens is 1. The van der Waals surface area contributed by atoms with Crippen molar-refractivity contribution in [2.75, 3.05) is 38.6 Å². The summed E-state index contributed by atoms with van der Waals surface area (Å²) in [4.78, 5) is 16.5. The maximum atomic E-state index is 12.3. The number of benzene rings is 1. The fourth-order valence-electron chi connectivity index (χ4n) is 2.42. The molecule has 104 valence electrons. The van der Waals surface area contributed by atoms with Gasteiger partial charge < -0.3 is 4.90 Å². The van der Waals surface area contributed by atoms with Crippen molar-refractivity contribution >= 4 is 17.5 Å². The highest BCUT2D eigenvalue weighted by Gasteiger charge is 2.20. The maximum Gasteiger partial charge on any atom is 0.227 e. The molecule has 0 spiro atoms. The lowest BCUT2D eigenvalue weighted by molar-refractivity contribution is -0.132. The molecule has 1 aromatic carbocycles. The lowest BCUT2D eigenvalue weighted by atomic mass is 10.1. The molecule has 0 aromatic heterocycles. The molecule has 0 unspecified atom stereocenters. The van der Waals surface area contributed by atoms with Crippen LogP contribution in [-0.2, 0) is 11.2 Å². The summed E-state index contributed by atoms with van der Waals surface area (Å²) in [7, 11) is 0. The van der Waals surface area contributed by atoms with E-state index >= 15 is 0 Å². The molecule has 0 bridgehead atoms. The van der Waals surface area contributed by atoms with Crippen LogP contribution in [-0.4, -0.2) is 54.3 Å². The Morgan fingerprint density at radius 2 is 1.89 bits per heavy atom. The second kappa shape index (κ2) is 6.92. The van der Waals surface area contributed by atoms with E-state index in [9.17, 15) is 4.79 Å². The first-order valence-corrected chi connectivity index (χ1v) is 7.35. The predicted molar refractivity (Wildman–Crippen MR) is 78.6 cm³/mol. The van der Waals surface area contributed by atoms with Crippen LogP contribution in [0.1, 0.15) is 11.1 Å². The fourth-order valence-corrected chi connectivity index (χ4v) is 2.66. The van der Waals surface area contributed by atoms with Crippen LogP contribution in [0, 0.1) is 6.92 Å². The van der Waals surface area contributed by atoms with Crippen LogP contribution in [0.15, 0.2) is 24.3 Å². The highest BCUT2D eigenvalue weighted by molar-refractivity contribution is 6.18. The minimum absolute atomic E-state index is 0.236. The van der Waals surface area contributed by atoms with Crippen LogP contribution in [0.25, 0.3) is 0 Å². The van der Waals surface area contributed by atoms with Gasteiger partial charge in [0.25, 0.3) is 0 Å². The molecule has 3 nitrogen and oxygen atoms in total. The van der Waals surface area contributed by atoms with Gasteiger partial charge in [0.1, 0.15) is 0 Å². The van der Waals surface area contributed by atoms with Crippen molar-refractivity contribution in [3.63, 3.8) is 0 Å². The molecule has 1 saturated heterocycles. The molecule has 0 aliphatic carbocycles. The Morgan fingerprint density at radius 1 is 1.21 bits per heavy atom. The van der Waals surface area contributed by atoms with E-state index in [1.165, 1.54) is 5.56 Å². The number of alkyl halides is 1. The summed E-state index contributed by atoms with van der Waals surface area (Å²) in [6.45, 7) is 6.49. The summed E-state index contributed by atoms with van der Waals surface area (Å²) < 4.78 is 0. The van der Waals surface area contributed by atoms with Gasteiger partial charge in [-0.3, -0.25) is 9.69 Å². The van der Waals surface area contributed by atoms with E-state index in [4.69, 9.17) is 11.6 Å². The van der Waals surface area contributed by atoms with Crippen LogP contribution in [0.5, 0.6) is 0 Å². The van der Waals surface area contributed by atoms with Crippen molar-refractivity contribution in [3.8, 4) is 0 Å². The summed E-state index contributed by atoms with van der Waals surface area (Å²) in [6.07, 6.45) is 0.516. The first kappa shape index (κ1) is 14.4. The largest absolute Gasteiger partial charge is 0.340 e. The van der Waals surface area contributed by atoms with E-state index in [0.29, 0.717) is 12.3 Å². The molecular formula is C15H21ClN2O. The van der Waals surface area contributed by atoms with Crippen molar-refractivity contribution in [2.24, 2.45) is 0 Å². The fraction of sp³-hybridized carbons (Fsp3) is 0.533. The number of amides is 1. The zero-order valence-corrected chi connectivity index (χ0v) is 12.2. The molecule has 1 aromatic rings. The lowest BCUT2D eigenvalue weighted by Crippen LogP contribution is -2.49. The van der Waals surface area contributed by atoms with Crippen LogP contribution in [0.2, 0.25) is 0 Å². The van der Waals surface area contributed by atoms with Crippen molar-refractivity contribution in [3.05, 3.63) is 35.4 Å². The SMILES string of the molecule is Cc1ccccc1CC(=O)N1CCN(CCCl)CC1. The Morgan fingerprint density at radius 3 is 2.53 bits per heavy atom. The topological polar surface area (TPSA) is 23.6 Å². The van der Waals surface area contributed by atoms with Crippen molar-refractivity contribution in [2.45, 2.75) is 13.3 Å². The van der Waals surface area contributed by atoms with Crippen LogP contribution in [0.4, 0.5) is 0 Å². The molecule has 1 aliphatic rings. The highest BCUT2D eigenvalue weighted by atomic mass is 35.5. The van der Waals surface area contributed by atoms with E-state index in [-0.39, 0.29) is 5.91 Å². The number of carbonyl (C=O) groups excluding carboxylic acids is 1. The molecule has 0 atom stereocenters. The van der Waals surface area contributed by atoms with E-state index in [0.717, 1.165) is 38.3 Å². The maximum absolute atomic E-state index is 12.3. The van der Waals surface area contributed by atoms with Crippen LogP contribution in [0.3, 0.4) is 0 Å². The Bertz CT molecular complexity index is 428. The first-order chi connectivity index (χ1) is 9.20. The lowest BCUT2D eigenvalue weighted by Gasteiger charge is -2.34. The Hall–Kier alpha value is -1.06. The predicted octanol–water partition coefficient (Wildman–Crippen LogP) is 1.92. The second-order valence-electron chi connectivity index (χ2n) is 5.01. The molecule has 1 fully saturated rings. The Kier molecular flexibility index (Phi) is 5.23. The number of rotatable bonds is 4. The number of hydrogen-bond acceptors (Lipinski definition) is 2. The van der Waals surface area contributed by atoms with Gasteiger partial charge >= 0.3 is 0 Å². The summed E-state index contributed by atoms with van der Waals surface area (Å²) in [5.41, 5.74) is 2.33. The smallest absolute Gasteiger partial charge is 0.227 e. The number of aryl methyl sites for hydroxylation is 1. The van der Waals surface area contributed by atoms with Crippen LogP contribution < -0.4 is 0 Å². The monoisotopic (exact) mass is 280 g/mol. The van der Waals surface area contributed by atoms with E-state index in [1.54, 1.807) is 0 Å². The molecule has 19 heavy (non-hydrogen) atoms. The third-order valence-corrected chi connectivity index (χ3v) is 3.90. The van der Waals surface area contributed by atoms with E-state index < -0.39 is 0 Å². The molecule has 0 N–H and O–H groups in total. The third-order valence-electron chi connectivity index (χ3n) is 3.73. The molecule has 1 heterocycles. The van der Waals surface area contributed by atoms with E-state index in [1.807, 2.05) is 23.1 Å². The van der Waals surface area contributed by atoms with Gasteiger partial charge in [0.15, 0.2) is 0 Å². The summed E-state index contributed by atoms with van der Waals surface area (Å²) >= 11 is 5.74. The zero-order valence-electron chi connectivity index (χ0n) is 11.4. The van der Waals surface area contributed by atoms with Gasteiger partial charge in [-0.25, -0.2) is 0 Å². The molecular weight excluding hydrogens is 260 g/mol. The number of piperazine rings is 1. The number of nitrogens with zero attached hydrogens (tertiary/aromatic N) is 2. The van der Waals surface area contributed by atoms with Gasteiger partial charge in [-0.05, 0) is 18.1 Å². The first-order valence-electron chi connectivity index (χ1n) is 6.81. The van der Waals surface area contributed by atoms with Gasteiger partial charge in [-0.1, -0.05) is 24.3 Å².